The van der Waals surface area contributed by atoms with Crippen LogP contribution >= 0.6 is 27.5 Å². The molecule has 0 amide bonds. The van der Waals surface area contributed by atoms with Gasteiger partial charge >= 0.3 is 0 Å². The largest absolute Gasteiger partial charge is 0.306 e. The van der Waals surface area contributed by atoms with E-state index >= 15 is 0 Å². The van der Waals surface area contributed by atoms with E-state index in [0.29, 0.717) is 17.1 Å². The number of benzene rings is 2. The molecule has 106 valence electrons. The second kappa shape index (κ2) is 6.66. The maximum absolute atomic E-state index is 13.4. The highest BCUT2D eigenvalue weighted by molar-refractivity contribution is 9.10. The van der Waals surface area contributed by atoms with Gasteiger partial charge in [0.1, 0.15) is 11.6 Å². The van der Waals surface area contributed by atoms with Gasteiger partial charge in [0.2, 0.25) is 0 Å². The molecule has 0 aliphatic rings. The first-order chi connectivity index (χ1) is 9.51. The second-order valence-electron chi connectivity index (χ2n) is 4.36. The molecule has 0 radical (unpaired) electrons. The predicted octanol–water partition coefficient (Wildman–Crippen LogP) is 5.08. The predicted molar refractivity (Wildman–Crippen MR) is 81.0 cm³/mol. The highest BCUT2D eigenvalue weighted by Crippen LogP contribution is 2.31. The van der Waals surface area contributed by atoms with E-state index in [2.05, 4.69) is 21.2 Å². The summed E-state index contributed by atoms with van der Waals surface area (Å²) in [5.74, 6) is -1.18. The normalized spacial score (nSPS) is 12.4. The van der Waals surface area contributed by atoms with Gasteiger partial charge in [-0.05, 0) is 41.9 Å². The lowest BCUT2D eigenvalue weighted by molar-refractivity contribution is 0.565. The lowest BCUT2D eigenvalue weighted by Crippen LogP contribution is -2.22. The third-order valence-corrected chi connectivity index (χ3v) is 3.82. The summed E-state index contributed by atoms with van der Waals surface area (Å²) in [4.78, 5) is 0. The SMILES string of the molecule is CCNC(c1cc(F)cc(F)c1)c1ccc(Cl)cc1Br. The van der Waals surface area contributed by atoms with Gasteiger partial charge in [-0.1, -0.05) is 40.5 Å². The van der Waals surface area contributed by atoms with Crippen LogP contribution in [0.4, 0.5) is 8.78 Å². The first-order valence-corrected chi connectivity index (χ1v) is 7.32. The van der Waals surface area contributed by atoms with Crippen molar-refractivity contribution in [2.24, 2.45) is 0 Å². The summed E-state index contributed by atoms with van der Waals surface area (Å²) in [5.41, 5.74) is 1.41. The zero-order valence-corrected chi connectivity index (χ0v) is 13.1. The van der Waals surface area contributed by atoms with Crippen LogP contribution in [0.5, 0.6) is 0 Å². The Labute approximate surface area is 130 Å². The maximum Gasteiger partial charge on any atom is 0.126 e. The zero-order valence-electron chi connectivity index (χ0n) is 10.8. The molecule has 0 aliphatic carbocycles. The van der Waals surface area contributed by atoms with Crippen LogP contribution in [0.1, 0.15) is 24.1 Å². The molecule has 1 unspecified atom stereocenters. The minimum atomic E-state index is -0.590. The molecule has 0 aromatic heterocycles. The van der Waals surface area contributed by atoms with Gasteiger partial charge in [-0.3, -0.25) is 0 Å². The van der Waals surface area contributed by atoms with Gasteiger partial charge in [0.05, 0.1) is 6.04 Å². The fraction of sp³-hybridized carbons (Fsp3) is 0.200. The molecular formula is C15H13BrClF2N. The molecule has 2 rings (SSSR count). The number of hydrogen-bond donors (Lipinski definition) is 1. The van der Waals surface area contributed by atoms with E-state index in [9.17, 15) is 8.78 Å². The Morgan fingerprint density at radius 1 is 1.15 bits per heavy atom. The van der Waals surface area contributed by atoms with Crippen LogP contribution in [-0.2, 0) is 0 Å². The summed E-state index contributed by atoms with van der Waals surface area (Å²) in [6.45, 7) is 2.60. The van der Waals surface area contributed by atoms with Crippen LogP contribution in [-0.4, -0.2) is 6.54 Å². The van der Waals surface area contributed by atoms with E-state index in [1.807, 2.05) is 13.0 Å². The average Bonchev–Trinajstić information content (AvgIpc) is 2.35. The Balaban J connectivity index is 2.49. The van der Waals surface area contributed by atoms with Gasteiger partial charge in [-0.15, -0.1) is 0 Å². The van der Waals surface area contributed by atoms with Crippen molar-refractivity contribution in [3.8, 4) is 0 Å². The van der Waals surface area contributed by atoms with Crippen LogP contribution in [0.25, 0.3) is 0 Å². The van der Waals surface area contributed by atoms with E-state index in [1.54, 1.807) is 12.1 Å². The second-order valence-corrected chi connectivity index (χ2v) is 5.65. The van der Waals surface area contributed by atoms with Crippen LogP contribution < -0.4 is 5.32 Å². The first-order valence-electron chi connectivity index (χ1n) is 6.15. The molecule has 2 aromatic rings. The van der Waals surface area contributed by atoms with Crippen molar-refractivity contribution < 1.29 is 8.78 Å². The Morgan fingerprint density at radius 2 is 1.80 bits per heavy atom. The van der Waals surface area contributed by atoms with Crippen LogP contribution in [0.2, 0.25) is 5.02 Å². The number of nitrogens with one attached hydrogen (secondary N) is 1. The standard InChI is InChI=1S/C15H13BrClF2N/c1-2-20-15(9-5-11(18)8-12(19)6-9)13-4-3-10(17)7-14(13)16/h3-8,15,20H,2H2,1H3. The molecule has 20 heavy (non-hydrogen) atoms. The molecule has 1 N–H and O–H groups in total. The summed E-state index contributed by atoms with van der Waals surface area (Å²) >= 11 is 9.36. The number of halogens is 4. The van der Waals surface area contributed by atoms with Crippen molar-refractivity contribution in [3.05, 3.63) is 68.7 Å². The third kappa shape index (κ3) is 3.57. The maximum atomic E-state index is 13.4. The molecule has 0 heterocycles. The fourth-order valence-corrected chi connectivity index (χ4v) is 3.00. The van der Waals surface area contributed by atoms with Crippen molar-refractivity contribution >= 4 is 27.5 Å². The number of hydrogen-bond acceptors (Lipinski definition) is 1. The molecule has 0 bridgehead atoms. The van der Waals surface area contributed by atoms with Gasteiger partial charge < -0.3 is 5.32 Å². The fourth-order valence-electron chi connectivity index (χ4n) is 2.09. The molecule has 0 aliphatic heterocycles. The van der Waals surface area contributed by atoms with E-state index in [0.717, 1.165) is 16.1 Å². The van der Waals surface area contributed by atoms with E-state index in [1.165, 1.54) is 12.1 Å². The Kier molecular flexibility index (Phi) is 5.13. The van der Waals surface area contributed by atoms with Crippen molar-refractivity contribution in [1.82, 2.24) is 5.32 Å². The van der Waals surface area contributed by atoms with Crippen molar-refractivity contribution in [3.63, 3.8) is 0 Å². The summed E-state index contributed by atoms with van der Waals surface area (Å²) in [5, 5.41) is 3.82. The smallest absolute Gasteiger partial charge is 0.126 e. The average molecular weight is 361 g/mol. The lowest BCUT2D eigenvalue weighted by atomic mass is 9.98. The van der Waals surface area contributed by atoms with Gasteiger partial charge in [0.25, 0.3) is 0 Å². The lowest BCUT2D eigenvalue weighted by Gasteiger charge is -2.20. The van der Waals surface area contributed by atoms with Gasteiger partial charge in [0, 0.05) is 15.6 Å². The minimum Gasteiger partial charge on any atom is -0.306 e. The van der Waals surface area contributed by atoms with Crippen molar-refractivity contribution in [2.45, 2.75) is 13.0 Å². The Morgan fingerprint density at radius 3 is 2.35 bits per heavy atom. The monoisotopic (exact) mass is 359 g/mol. The summed E-state index contributed by atoms with van der Waals surface area (Å²) in [7, 11) is 0. The molecule has 5 heteroatoms. The molecular weight excluding hydrogens is 348 g/mol. The van der Waals surface area contributed by atoms with E-state index in [4.69, 9.17) is 11.6 Å². The van der Waals surface area contributed by atoms with Crippen LogP contribution in [0.15, 0.2) is 40.9 Å². The molecule has 2 aromatic carbocycles. The van der Waals surface area contributed by atoms with Gasteiger partial charge in [0.15, 0.2) is 0 Å². The zero-order chi connectivity index (χ0) is 14.7. The topological polar surface area (TPSA) is 12.0 Å². The molecule has 1 nitrogen and oxygen atoms in total. The summed E-state index contributed by atoms with van der Waals surface area (Å²) in [6.07, 6.45) is 0. The molecule has 1 atom stereocenters. The first kappa shape index (κ1) is 15.4. The number of rotatable bonds is 4. The van der Waals surface area contributed by atoms with Crippen molar-refractivity contribution in [2.75, 3.05) is 6.54 Å². The van der Waals surface area contributed by atoms with Crippen LogP contribution in [0.3, 0.4) is 0 Å². The van der Waals surface area contributed by atoms with Crippen molar-refractivity contribution in [1.29, 1.82) is 0 Å². The van der Waals surface area contributed by atoms with Crippen LogP contribution in [0, 0.1) is 11.6 Å². The Bertz CT molecular complexity index is 599. The van der Waals surface area contributed by atoms with E-state index in [-0.39, 0.29) is 6.04 Å². The summed E-state index contributed by atoms with van der Waals surface area (Å²) in [6, 6.07) is 8.57. The Hall–Kier alpha value is -0.970. The molecule has 0 saturated carbocycles. The minimum absolute atomic E-state index is 0.308. The molecule has 0 spiro atoms. The highest BCUT2D eigenvalue weighted by atomic mass is 79.9. The van der Waals surface area contributed by atoms with E-state index < -0.39 is 11.6 Å². The molecule has 0 fully saturated rings. The third-order valence-electron chi connectivity index (χ3n) is 2.90. The summed E-state index contributed by atoms with van der Waals surface area (Å²) < 4.78 is 27.6. The highest BCUT2D eigenvalue weighted by Gasteiger charge is 2.17. The van der Waals surface area contributed by atoms with Gasteiger partial charge in [-0.25, -0.2) is 8.78 Å². The quantitative estimate of drug-likeness (QED) is 0.802. The molecule has 0 saturated heterocycles. The van der Waals surface area contributed by atoms with Gasteiger partial charge in [-0.2, -0.15) is 0 Å².